The van der Waals surface area contributed by atoms with Crippen molar-refractivity contribution in [2.45, 2.75) is 31.5 Å². The summed E-state index contributed by atoms with van der Waals surface area (Å²) < 4.78 is 5.16. The number of aliphatic carboxylic acids is 1. The number of anilines is 1. The summed E-state index contributed by atoms with van der Waals surface area (Å²) in [5.41, 5.74) is 1.47. The molecule has 2 rings (SSSR count). The number of hydrogen-bond donors (Lipinski definition) is 2. The van der Waals surface area contributed by atoms with Crippen molar-refractivity contribution in [1.29, 1.82) is 5.26 Å². The van der Waals surface area contributed by atoms with E-state index in [1.807, 2.05) is 6.07 Å². The van der Waals surface area contributed by atoms with Crippen molar-refractivity contribution in [2.24, 2.45) is 0 Å². The van der Waals surface area contributed by atoms with Crippen LogP contribution in [0, 0.1) is 11.3 Å². The van der Waals surface area contributed by atoms with Gasteiger partial charge in [0.25, 0.3) is 5.91 Å². The first kappa shape index (κ1) is 14.0. The Kier molecular flexibility index (Phi) is 4.33. The summed E-state index contributed by atoms with van der Waals surface area (Å²) in [4.78, 5) is 22.7. The summed E-state index contributed by atoms with van der Waals surface area (Å²) >= 11 is 0. The molecule has 0 bridgehead atoms. The van der Waals surface area contributed by atoms with Crippen LogP contribution in [0.25, 0.3) is 0 Å². The summed E-state index contributed by atoms with van der Waals surface area (Å²) in [6.45, 7) is 0. The molecule has 0 aromatic heterocycles. The smallest absolute Gasteiger partial charge is 0.332 e. The molecule has 2 atom stereocenters. The molecule has 1 aliphatic heterocycles. The zero-order valence-corrected chi connectivity index (χ0v) is 10.7. The number of amides is 1. The molecule has 0 spiro atoms. The van der Waals surface area contributed by atoms with E-state index in [0.29, 0.717) is 24.9 Å². The van der Waals surface area contributed by atoms with E-state index in [-0.39, 0.29) is 5.91 Å². The number of hydrogen-bond acceptors (Lipinski definition) is 4. The fourth-order valence-electron chi connectivity index (χ4n) is 2.03. The molecule has 1 aromatic carbocycles. The van der Waals surface area contributed by atoms with E-state index in [4.69, 9.17) is 15.1 Å². The number of nitrogens with one attached hydrogen (secondary N) is 1. The average Bonchev–Trinajstić information content (AvgIpc) is 2.91. The third-order valence-corrected chi connectivity index (χ3v) is 3.09. The van der Waals surface area contributed by atoms with Crippen molar-refractivity contribution in [3.05, 3.63) is 29.8 Å². The van der Waals surface area contributed by atoms with Gasteiger partial charge in [0.1, 0.15) is 6.10 Å². The Morgan fingerprint density at radius 1 is 1.30 bits per heavy atom. The van der Waals surface area contributed by atoms with Crippen molar-refractivity contribution < 1.29 is 19.4 Å². The van der Waals surface area contributed by atoms with Gasteiger partial charge in [-0.2, -0.15) is 5.26 Å². The quantitative estimate of drug-likeness (QED) is 0.862. The second kappa shape index (κ2) is 6.17. The molecule has 2 N–H and O–H groups in total. The number of nitriles is 1. The van der Waals surface area contributed by atoms with Gasteiger partial charge >= 0.3 is 5.97 Å². The molecule has 1 heterocycles. The monoisotopic (exact) mass is 274 g/mol. The third-order valence-electron chi connectivity index (χ3n) is 3.09. The Labute approximate surface area is 116 Å². The van der Waals surface area contributed by atoms with E-state index in [0.717, 1.165) is 5.56 Å². The van der Waals surface area contributed by atoms with Gasteiger partial charge in [0.15, 0.2) is 6.10 Å². The third kappa shape index (κ3) is 3.33. The number of carboxylic acids is 1. The van der Waals surface area contributed by atoms with Gasteiger partial charge in [-0.1, -0.05) is 12.1 Å². The Morgan fingerprint density at radius 3 is 2.50 bits per heavy atom. The number of benzene rings is 1. The molecule has 1 amide bonds. The molecule has 0 radical (unpaired) electrons. The molecule has 6 heteroatoms. The highest BCUT2D eigenvalue weighted by Crippen LogP contribution is 2.21. The molecule has 0 aliphatic carbocycles. The lowest BCUT2D eigenvalue weighted by molar-refractivity contribution is -0.150. The van der Waals surface area contributed by atoms with Crippen LogP contribution >= 0.6 is 0 Å². The van der Waals surface area contributed by atoms with Crippen LogP contribution in [-0.2, 0) is 20.7 Å². The van der Waals surface area contributed by atoms with Gasteiger partial charge in [0.2, 0.25) is 0 Å². The van der Waals surface area contributed by atoms with E-state index >= 15 is 0 Å². The van der Waals surface area contributed by atoms with E-state index in [9.17, 15) is 9.59 Å². The first-order chi connectivity index (χ1) is 9.60. The number of ether oxygens (including phenoxy) is 1. The van der Waals surface area contributed by atoms with Crippen molar-refractivity contribution in [1.82, 2.24) is 0 Å². The molecular weight excluding hydrogens is 260 g/mol. The second-order valence-electron chi connectivity index (χ2n) is 4.55. The van der Waals surface area contributed by atoms with Crippen molar-refractivity contribution in [3.63, 3.8) is 0 Å². The minimum Gasteiger partial charge on any atom is -0.479 e. The van der Waals surface area contributed by atoms with Crippen LogP contribution in [0.2, 0.25) is 0 Å². The molecule has 104 valence electrons. The normalized spacial score (nSPS) is 21.1. The lowest BCUT2D eigenvalue weighted by atomic mass is 10.1. The topological polar surface area (TPSA) is 99.4 Å². The van der Waals surface area contributed by atoms with Gasteiger partial charge in [0.05, 0.1) is 12.5 Å². The van der Waals surface area contributed by atoms with Crippen molar-refractivity contribution in [3.8, 4) is 6.07 Å². The number of carboxylic acid groups (broad SMARTS) is 1. The maximum atomic E-state index is 11.9. The van der Waals surface area contributed by atoms with Gasteiger partial charge < -0.3 is 15.2 Å². The van der Waals surface area contributed by atoms with Gasteiger partial charge in [0, 0.05) is 5.69 Å². The maximum absolute atomic E-state index is 11.9. The molecule has 0 saturated carbocycles. The Morgan fingerprint density at radius 2 is 1.95 bits per heavy atom. The standard InChI is InChI=1S/C14H14N2O4/c15-8-7-9-1-3-10(4-2-9)16-13(17)11-5-6-12(20-11)14(18)19/h1-4,11-12H,5-7H2,(H,16,17)(H,18,19). The molecule has 6 nitrogen and oxygen atoms in total. The fraction of sp³-hybridized carbons (Fsp3) is 0.357. The maximum Gasteiger partial charge on any atom is 0.332 e. The Hall–Kier alpha value is -2.39. The highest BCUT2D eigenvalue weighted by Gasteiger charge is 2.34. The highest BCUT2D eigenvalue weighted by molar-refractivity contribution is 5.94. The Balaban J connectivity index is 1.92. The summed E-state index contributed by atoms with van der Waals surface area (Å²) in [6, 6.07) is 8.96. The largest absolute Gasteiger partial charge is 0.479 e. The minimum absolute atomic E-state index is 0.320. The van der Waals surface area contributed by atoms with Crippen LogP contribution in [0.1, 0.15) is 18.4 Å². The SMILES string of the molecule is N#CCc1ccc(NC(=O)C2CCC(C(=O)O)O2)cc1. The molecule has 1 aromatic rings. The number of carbonyl (C=O) groups is 2. The first-order valence-electron chi connectivity index (χ1n) is 6.25. The second-order valence-corrected chi connectivity index (χ2v) is 4.55. The van der Waals surface area contributed by atoms with E-state index in [1.165, 1.54) is 0 Å². The van der Waals surface area contributed by atoms with Crippen LogP contribution in [0.3, 0.4) is 0 Å². The number of rotatable bonds is 4. The number of nitrogens with zero attached hydrogens (tertiary/aromatic N) is 1. The minimum atomic E-state index is -1.04. The van der Waals surface area contributed by atoms with Crippen LogP contribution in [0.4, 0.5) is 5.69 Å². The summed E-state index contributed by atoms with van der Waals surface area (Å²) in [5, 5.41) is 20.0. The van der Waals surface area contributed by atoms with Gasteiger partial charge in [-0.3, -0.25) is 4.79 Å². The van der Waals surface area contributed by atoms with E-state index in [1.54, 1.807) is 24.3 Å². The van der Waals surface area contributed by atoms with Gasteiger partial charge in [-0.25, -0.2) is 4.79 Å². The summed E-state index contributed by atoms with van der Waals surface area (Å²) in [5.74, 6) is -1.39. The lowest BCUT2D eigenvalue weighted by Crippen LogP contribution is -2.29. The van der Waals surface area contributed by atoms with Crippen LogP contribution in [-0.4, -0.2) is 29.2 Å². The van der Waals surface area contributed by atoms with Crippen molar-refractivity contribution in [2.75, 3.05) is 5.32 Å². The first-order valence-corrected chi connectivity index (χ1v) is 6.25. The van der Waals surface area contributed by atoms with Crippen LogP contribution < -0.4 is 5.32 Å². The zero-order valence-electron chi connectivity index (χ0n) is 10.7. The van der Waals surface area contributed by atoms with E-state index < -0.39 is 18.2 Å². The highest BCUT2D eigenvalue weighted by atomic mass is 16.5. The molecule has 1 fully saturated rings. The predicted molar refractivity (Wildman–Crippen MR) is 69.9 cm³/mol. The van der Waals surface area contributed by atoms with Crippen LogP contribution in [0.5, 0.6) is 0 Å². The molecular formula is C14H14N2O4. The van der Waals surface area contributed by atoms with E-state index in [2.05, 4.69) is 5.32 Å². The molecule has 2 unspecified atom stereocenters. The summed E-state index contributed by atoms with van der Waals surface area (Å²) in [6.07, 6.45) is -0.567. The van der Waals surface area contributed by atoms with Crippen LogP contribution in [0.15, 0.2) is 24.3 Å². The van der Waals surface area contributed by atoms with Gasteiger partial charge in [-0.05, 0) is 30.5 Å². The molecule has 1 saturated heterocycles. The lowest BCUT2D eigenvalue weighted by Gasteiger charge is -2.12. The zero-order chi connectivity index (χ0) is 14.5. The van der Waals surface area contributed by atoms with Crippen molar-refractivity contribution >= 4 is 17.6 Å². The summed E-state index contributed by atoms with van der Waals surface area (Å²) in [7, 11) is 0. The fourth-order valence-corrected chi connectivity index (χ4v) is 2.03. The predicted octanol–water partition coefficient (Wildman–Crippen LogP) is 1.32. The average molecular weight is 274 g/mol. The van der Waals surface area contributed by atoms with Gasteiger partial charge in [-0.15, -0.1) is 0 Å². The molecule has 20 heavy (non-hydrogen) atoms. The number of carbonyl (C=O) groups excluding carboxylic acids is 1. The Bertz CT molecular complexity index is 547. The molecule has 1 aliphatic rings.